The van der Waals surface area contributed by atoms with E-state index in [1.807, 2.05) is 0 Å². The molecule has 6 nitrogen and oxygen atoms in total. The molecular formula is C22H18F3N3O3. The zero-order chi connectivity index (χ0) is 21.8. The van der Waals surface area contributed by atoms with Crippen molar-refractivity contribution in [1.29, 1.82) is 0 Å². The highest BCUT2D eigenvalue weighted by Crippen LogP contribution is 2.52. The number of nitrogens with one attached hydrogen (secondary N) is 1. The van der Waals surface area contributed by atoms with Gasteiger partial charge in [-0.3, -0.25) is 14.6 Å². The first-order valence-corrected chi connectivity index (χ1v) is 9.82. The van der Waals surface area contributed by atoms with Gasteiger partial charge in [0.2, 0.25) is 11.8 Å². The second kappa shape index (κ2) is 6.91. The lowest BCUT2D eigenvalue weighted by Gasteiger charge is -2.23. The smallest absolute Gasteiger partial charge is 0.360 e. The van der Waals surface area contributed by atoms with Gasteiger partial charge in [-0.05, 0) is 30.3 Å². The zero-order valence-corrected chi connectivity index (χ0v) is 16.2. The number of fused-ring (bicyclic) bond motifs is 1. The molecule has 4 heterocycles. The molecule has 2 aromatic rings. The molecule has 9 heteroatoms. The lowest BCUT2D eigenvalue weighted by atomic mass is 9.77. The van der Waals surface area contributed by atoms with Crippen LogP contribution in [-0.2, 0) is 27.0 Å². The minimum atomic E-state index is -4.52. The molecule has 1 spiro atoms. The number of nitrogens with zero attached hydrogens (tertiary/aromatic N) is 2. The van der Waals surface area contributed by atoms with Gasteiger partial charge in [-0.2, -0.15) is 13.2 Å². The van der Waals surface area contributed by atoms with Crippen molar-refractivity contribution in [2.45, 2.75) is 24.4 Å². The number of aromatic nitrogens is 1. The Bertz CT molecular complexity index is 1070. The number of carbonyl (C=O) groups excluding carboxylic acids is 2. The second-order valence-corrected chi connectivity index (χ2v) is 7.91. The molecule has 3 aliphatic heterocycles. The number of rotatable bonds is 4. The van der Waals surface area contributed by atoms with E-state index in [2.05, 4.69) is 10.3 Å². The fourth-order valence-electron chi connectivity index (χ4n) is 4.66. The fraction of sp³-hybridized carbons (Fsp3) is 0.318. The van der Waals surface area contributed by atoms with Gasteiger partial charge in [0.1, 0.15) is 5.60 Å². The molecule has 1 aromatic heterocycles. The fourth-order valence-corrected chi connectivity index (χ4v) is 4.66. The summed E-state index contributed by atoms with van der Waals surface area (Å²) >= 11 is 0. The lowest BCUT2D eigenvalue weighted by molar-refractivity contribution is -0.137. The van der Waals surface area contributed by atoms with Gasteiger partial charge in [0.05, 0.1) is 42.3 Å². The van der Waals surface area contributed by atoms with E-state index in [0.717, 1.165) is 12.1 Å². The number of pyridine rings is 1. The maximum Gasteiger partial charge on any atom is 0.416 e. The van der Waals surface area contributed by atoms with Crippen LogP contribution in [0.5, 0.6) is 0 Å². The molecule has 3 aliphatic rings. The van der Waals surface area contributed by atoms with Crippen molar-refractivity contribution in [2.75, 3.05) is 11.4 Å². The molecule has 0 aliphatic carbocycles. The summed E-state index contributed by atoms with van der Waals surface area (Å²) in [6, 6.07) is 9.97. The normalized spacial score (nSPS) is 28.8. The number of ether oxygens (including phenoxy) is 1. The molecule has 3 unspecified atom stereocenters. The third-order valence-corrected chi connectivity index (χ3v) is 6.06. The Morgan fingerprint density at radius 3 is 2.84 bits per heavy atom. The molecule has 5 rings (SSSR count). The summed E-state index contributed by atoms with van der Waals surface area (Å²) in [7, 11) is 0. The van der Waals surface area contributed by atoms with E-state index in [9.17, 15) is 22.8 Å². The molecule has 2 saturated heterocycles. The van der Waals surface area contributed by atoms with Gasteiger partial charge in [-0.1, -0.05) is 24.3 Å². The second-order valence-electron chi connectivity index (χ2n) is 7.91. The van der Waals surface area contributed by atoms with E-state index in [1.165, 1.54) is 17.0 Å². The lowest BCUT2D eigenvalue weighted by Crippen LogP contribution is -2.44. The Kier molecular flexibility index (Phi) is 4.40. The Morgan fingerprint density at radius 2 is 2.10 bits per heavy atom. The number of hydrogen-bond donors (Lipinski definition) is 1. The number of halogens is 3. The van der Waals surface area contributed by atoms with Crippen molar-refractivity contribution in [3.63, 3.8) is 0 Å². The van der Waals surface area contributed by atoms with E-state index in [4.69, 9.17) is 4.74 Å². The molecular weight excluding hydrogens is 411 g/mol. The first-order valence-electron chi connectivity index (χ1n) is 9.82. The summed E-state index contributed by atoms with van der Waals surface area (Å²) in [5.74, 6) is -2.30. The van der Waals surface area contributed by atoms with Gasteiger partial charge in [0, 0.05) is 11.9 Å². The maximum atomic E-state index is 13.3. The van der Waals surface area contributed by atoms with Crippen LogP contribution >= 0.6 is 0 Å². The minimum Gasteiger partial charge on any atom is -0.360 e. The van der Waals surface area contributed by atoms with Crippen LogP contribution in [0.4, 0.5) is 18.9 Å². The van der Waals surface area contributed by atoms with Crippen LogP contribution in [0.3, 0.4) is 0 Å². The first-order chi connectivity index (χ1) is 14.8. The van der Waals surface area contributed by atoms with Crippen LogP contribution in [0.1, 0.15) is 11.3 Å². The Balaban J connectivity index is 1.39. The van der Waals surface area contributed by atoms with Gasteiger partial charge < -0.3 is 15.0 Å². The van der Waals surface area contributed by atoms with Crippen LogP contribution < -0.4 is 10.2 Å². The van der Waals surface area contributed by atoms with Crippen molar-refractivity contribution in [3.05, 3.63) is 72.1 Å². The molecule has 2 fully saturated rings. The SMILES string of the molecule is O=C(NCc1ccccn1)C1C2C=C[C@]3(CN(c4cccc(C(F)(F)F)c4)C(=O)C13)O2. The highest BCUT2D eigenvalue weighted by atomic mass is 19.4. The van der Waals surface area contributed by atoms with E-state index in [0.29, 0.717) is 5.69 Å². The van der Waals surface area contributed by atoms with Crippen LogP contribution in [0.25, 0.3) is 0 Å². The minimum absolute atomic E-state index is 0.0643. The van der Waals surface area contributed by atoms with E-state index < -0.39 is 41.2 Å². The van der Waals surface area contributed by atoms with E-state index >= 15 is 0 Å². The molecule has 31 heavy (non-hydrogen) atoms. The number of amides is 2. The predicted molar refractivity (Wildman–Crippen MR) is 104 cm³/mol. The summed E-state index contributed by atoms with van der Waals surface area (Å²) in [5.41, 5.74) is -1.04. The summed E-state index contributed by atoms with van der Waals surface area (Å²) in [5, 5.41) is 2.80. The number of anilines is 1. The Morgan fingerprint density at radius 1 is 1.26 bits per heavy atom. The number of hydrogen-bond acceptors (Lipinski definition) is 4. The van der Waals surface area contributed by atoms with Crippen LogP contribution in [-0.4, -0.2) is 35.0 Å². The average molecular weight is 429 g/mol. The summed E-state index contributed by atoms with van der Waals surface area (Å²) < 4.78 is 45.4. The van der Waals surface area contributed by atoms with Gasteiger partial charge in [-0.15, -0.1) is 0 Å². The first kappa shape index (κ1) is 19.7. The third-order valence-electron chi connectivity index (χ3n) is 6.06. The van der Waals surface area contributed by atoms with Crippen LogP contribution in [0, 0.1) is 11.8 Å². The molecule has 160 valence electrons. The Hall–Kier alpha value is -3.20. The summed E-state index contributed by atoms with van der Waals surface area (Å²) in [6.45, 7) is 0.271. The quantitative estimate of drug-likeness (QED) is 0.759. The molecule has 1 aromatic carbocycles. The molecule has 1 N–H and O–H groups in total. The van der Waals surface area contributed by atoms with Crippen LogP contribution in [0.15, 0.2) is 60.8 Å². The monoisotopic (exact) mass is 429 g/mol. The molecule has 0 saturated carbocycles. The highest BCUT2D eigenvalue weighted by Gasteiger charge is 2.67. The summed E-state index contributed by atoms with van der Waals surface area (Å²) in [6.07, 6.45) is 0.0745. The van der Waals surface area contributed by atoms with Gasteiger partial charge in [0.15, 0.2) is 0 Å². The predicted octanol–water partition coefficient (Wildman–Crippen LogP) is 2.70. The number of carbonyl (C=O) groups is 2. The average Bonchev–Trinajstić information content (AvgIpc) is 3.40. The maximum absolute atomic E-state index is 13.3. The van der Waals surface area contributed by atoms with Crippen LogP contribution in [0.2, 0.25) is 0 Å². The van der Waals surface area contributed by atoms with Crippen molar-refractivity contribution >= 4 is 17.5 Å². The van der Waals surface area contributed by atoms with E-state index in [-0.39, 0.29) is 24.7 Å². The van der Waals surface area contributed by atoms with Gasteiger partial charge >= 0.3 is 6.18 Å². The Labute approximate surface area is 175 Å². The van der Waals surface area contributed by atoms with Crippen molar-refractivity contribution in [3.8, 4) is 0 Å². The third kappa shape index (κ3) is 3.20. The largest absolute Gasteiger partial charge is 0.416 e. The van der Waals surface area contributed by atoms with Gasteiger partial charge in [-0.25, -0.2) is 0 Å². The number of benzene rings is 1. The summed E-state index contributed by atoms with van der Waals surface area (Å²) in [4.78, 5) is 31.7. The standard InChI is InChI=1S/C22H18F3N3O3/c23-22(24,25)13-4-3-6-15(10-13)28-12-21-8-7-16(31-21)17(18(21)20(28)30)19(29)27-11-14-5-1-2-9-26-14/h1-10,16-18H,11-12H2,(H,27,29)/t16?,17?,18?,21-/m1/s1. The van der Waals surface area contributed by atoms with Gasteiger partial charge in [0.25, 0.3) is 0 Å². The molecule has 2 bridgehead atoms. The van der Waals surface area contributed by atoms with Crippen molar-refractivity contribution in [1.82, 2.24) is 10.3 Å². The highest BCUT2D eigenvalue weighted by molar-refractivity contribution is 6.03. The molecule has 0 radical (unpaired) electrons. The molecule has 4 atom stereocenters. The van der Waals surface area contributed by atoms with Crippen molar-refractivity contribution in [2.24, 2.45) is 11.8 Å². The zero-order valence-electron chi connectivity index (χ0n) is 16.2. The number of alkyl halides is 3. The van der Waals surface area contributed by atoms with E-state index in [1.54, 1.807) is 36.5 Å². The van der Waals surface area contributed by atoms with Crippen molar-refractivity contribution < 1.29 is 27.5 Å². The molecule has 2 amide bonds. The topological polar surface area (TPSA) is 71.5 Å².